The number of hydrogen-bond acceptors (Lipinski definition) is 2. The molecular weight excluding hydrogens is 276 g/mol. The number of benzene rings is 2. The van der Waals surface area contributed by atoms with Crippen LogP contribution in [0.2, 0.25) is 0 Å². The van der Waals surface area contributed by atoms with E-state index in [4.69, 9.17) is 5.73 Å². The molecule has 0 amide bonds. The van der Waals surface area contributed by atoms with Crippen molar-refractivity contribution in [2.45, 2.75) is 13.5 Å². The van der Waals surface area contributed by atoms with Crippen LogP contribution < -0.4 is 11.1 Å². The summed E-state index contributed by atoms with van der Waals surface area (Å²) in [4.78, 5) is 0. The van der Waals surface area contributed by atoms with Gasteiger partial charge in [0.15, 0.2) is 0 Å². The Hall–Kier alpha value is -1.48. The Kier molecular flexibility index (Phi) is 3.69. The number of nitrogen functional groups attached to an aromatic ring is 1. The molecule has 2 aromatic carbocycles. The van der Waals surface area contributed by atoms with E-state index in [-0.39, 0.29) is 0 Å². The second-order valence-electron chi connectivity index (χ2n) is 4.05. The first-order chi connectivity index (χ1) is 8.15. The fraction of sp³-hybridized carbons (Fsp3) is 0.143. The van der Waals surface area contributed by atoms with Gasteiger partial charge in [0.25, 0.3) is 0 Å². The van der Waals surface area contributed by atoms with Gasteiger partial charge in [0.2, 0.25) is 0 Å². The third-order valence-electron chi connectivity index (χ3n) is 2.66. The SMILES string of the molecule is Cc1ccc(N)cc1NCc1ccc(Br)cc1. The lowest BCUT2D eigenvalue weighted by Gasteiger charge is -2.10. The molecule has 88 valence electrons. The van der Waals surface area contributed by atoms with Gasteiger partial charge in [-0.3, -0.25) is 0 Å². The molecule has 0 radical (unpaired) electrons. The van der Waals surface area contributed by atoms with E-state index in [1.807, 2.05) is 30.3 Å². The lowest BCUT2D eigenvalue weighted by Crippen LogP contribution is -2.01. The van der Waals surface area contributed by atoms with E-state index >= 15 is 0 Å². The monoisotopic (exact) mass is 290 g/mol. The minimum Gasteiger partial charge on any atom is -0.399 e. The fourth-order valence-corrected chi connectivity index (χ4v) is 1.89. The van der Waals surface area contributed by atoms with Crippen molar-refractivity contribution in [2.75, 3.05) is 11.1 Å². The van der Waals surface area contributed by atoms with Crippen LogP contribution >= 0.6 is 15.9 Å². The highest BCUT2D eigenvalue weighted by Gasteiger charge is 1.99. The fourth-order valence-electron chi connectivity index (χ4n) is 1.63. The van der Waals surface area contributed by atoms with Gasteiger partial charge < -0.3 is 11.1 Å². The molecular formula is C14H15BrN2. The summed E-state index contributed by atoms with van der Waals surface area (Å²) in [5, 5.41) is 3.39. The van der Waals surface area contributed by atoms with Gasteiger partial charge in [-0.2, -0.15) is 0 Å². The van der Waals surface area contributed by atoms with Gasteiger partial charge in [-0.25, -0.2) is 0 Å². The molecule has 0 unspecified atom stereocenters. The number of rotatable bonds is 3. The number of nitrogens with one attached hydrogen (secondary N) is 1. The first kappa shape index (κ1) is 12.0. The third-order valence-corrected chi connectivity index (χ3v) is 3.19. The van der Waals surface area contributed by atoms with Crippen LogP contribution in [-0.2, 0) is 6.54 Å². The molecule has 0 atom stereocenters. The zero-order valence-corrected chi connectivity index (χ0v) is 11.3. The molecule has 0 fully saturated rings. The molecule has 0 heterocycles. The van der Waals surface area contributed by atoms with Crippen LogP contribution in [0.5, 0.6) is 0 Å². The van der Waals surface area contributed by atoms with E-state index in [9.17, 15) is 0 Å². The number of halogens is 1. The van der Waals surface area contributed by atoms with E-state index in [0.717, 1.165) is 22.4 Å². The Morgan fingerprint density at radius 3 is 2.53 bits per heavy atom. The number of anilines is 2. The van der Waals surface area contributed by atoms with Crippen LogP contribution in [0.1, 0.15) is 11.1 Å². The maximum Gasteiger partial charge on any atom is 0.0400 e. The van der Waals surface area contributed by atoms with Gasteiger partial charge in [0.05, 0.1) is 0 Å². The van der Waals surface area contributed by atoms with Crippen LogP contribution in [0.25, 0.3) is 0 Å². The molecule has 0 spiro atoms. The molecule has 0 saturated heterocycles. The summed E-state index contributed by atoms with van der Waals surface area (Å²) in [6, 6.07) is 14.2. The normalized spacial score (nSPS) is 10.2. The molecule has 3 heteroatoms. The summed E-state index contributed by atoms with van der Waals surface area (Å²) in [6.45, 7) is 2.88. The average molecular weight is 291 g/mol. The second kappa shape index (κ2) is 5.23. The van der Waals surface area contributed by atoms with E-state index < -0.39 is 0 Å². The molecule has 2 rings (SSSR count). The van der Waals surface area contributed by atoms with E-state index in [2.05, 4.69) is 40.3 Å². The topological polar surface area (TPSA) is 38.0 Å². The number of nitrogens with two attached hydrogens (primary N) is 1. The van der Waals surface area contributed by atoms with Crippen molar-refractivity contribution in [3.63, 3.8) is 0 Å². The summed E-state index contributed by atoms with van der Waals surface area (Å²) in [5.74, 6) is 0. The maximum absolute atomic E-state index is 5.77. The summed E-state index contributed by atoms with van der Waals surface area (Å²) >= 11 is 3.43. The summed E-state index contributed by atoms with van der Waals surface area (Å²) in [6.07, 6.45) is 0. The summed E-state index contributed by atoms with van der Waals surface area (Å²) < 4.78 is 1.10. The molecule has 0 aromatic heterocycles. The zero-order valence-electron chi connectivity index (χ0n) is 9.70. The van der Waals surface area contributed by atoms with Gasteiger partial charge in [-0.15, -0.1) is 0 Å². The van der Waals surface area contributed by atoms with Crippen molar-refractivity contribution in [1.82, 2.24) is 0 Å². The van der Waals surface area contributed by atoms with E-state index in [1.54, 1.807) is 0 Å². The predicted molar refractivity (Wildman–Crippen MR) is 77.1 cm³/mol. The first-order valence-electron chi connectivity index (χ1n) is 5.49. The molecule has 0 aliphatic carbocycles. The molecule has 0 aliphatic rings. The standard InChI is InChI=1S/C14H15BrN2/c1-10-2-7-13(16)8-14(10)17-9-11-3-5-12(15)6-4-11/h2-8,17H,9,16H2,1H3. The van der Waals surface area contributed by atoms with Crippen molar-refractivity contribution < 1.29 is 0 Å². The van der Waals surface area contributed by atoms with Crippen molar-refractivity contribution >= 4 is 27.3 Å². The summed E-state index contributed by atoms with van der Waals surface area (Å²) in [5.41, 5.74) is 10.1. The highest BCUT2D eigenvalue weighted by Crippen LogP contribution is 2.19. The van der Waals surface area contributed by atoms with Gasteiger partial charge in [-0.1, -0.05) is 34.1 Å². The van der Waals surface area contributed by atoms with Gasteiger partial charge in [-0.05, 0) is 42.3 Å². The largest absolute Gasteiger partial charge is 0.399 e. The second-order valence-corrected chi connectivity index (χ2v) is 4.97. The Morgan fingerprint density at radius 2 is 1.82 bits per heavy atom. The first-order valence-corrected chi connectivity index (χ1v) is 6.29. The Morgan fingerprint density at radius 1 is 1.12 bits per heavy atom. The predicted octanol–water partition coefficient (Wildman–Crippen LogP) is 3.95. The van der Waals surface area contributed by atoms with Crippen LogP contribution in [0.15, 0.2) is 46.9 Å². The Balaban J connectivity index is 2.07. The van der Waals surface area contributed by atoms with Crippen molar-refractivity contribution in [3.05, 3.63) is 58.1 Å². The highest BCUT2D eigenvalue weighted by molar-refractivity contribution is 9.10. The van der Waals surface area contributed by atoms with Gasteiger partial charge in [0, 0.05) is 22.4 Å². The van der Waals surface area contributed by atoms with E-state index in [0.29, 0.717) is 0 Å². The lowest BCUT2D eigenvalue weighted by atomic mass is 10.1. The molecule has 0 saturated carbocycles. The Bertz CT molecular complexity index is 506. The van der Waals surface area contributed by atoms with E-state index in [1.165, 1.54) is 11.1 Å². The number of hydrogen-bond donors (Lipinski definition) is 2. The quantitative estimate of drug-likeness (QED) is 0.840. The Labute approximate surface area is 110 Å². The van der Waals surface area contributed by atoms with Crippen LogP contribution in [0.3, 0.4) is 0 Å². The smallest absolute Gasteiger partial charge is 0.0400 e. The van der Waals surface area contributed by atoms with Crippen molar-refractivity contribution in [2.24, 2.45) is 0 Å². The molecule has 2 aromatic rings. The maximum atomic E-state index is 5.77. The van der Waals surface area contributed by atoms with Crippen LogP contribution in [-0.4, -0.2) is 0 Å². The highest BCUT2D eigenvalue weighted by atomic mass is 79.9. The minimum atomic E-state index is 0.786. The number of aryl methyl sites for hydroxylation is 1. The molecule has 0 aliphatic heterocycles. The van der Waals surface area contributed by atoms with Gasteiger partial charge in [0.1, 0.15) is 0 Å². The zero-order chi connectivity index (χ0) is 12.3. The van der Waals surface area contributed by atoms with Gasteiger partial charge >= 0.3 is 0 Å². The molecule has 2 nitrogen and oxygen atoms in total. The van der Waals surface area contributed by atoms with Crippen LogP contribution in [0.4, 0.5) is 11.4 Å². The van der Waals surface area contributed by atoms with Crippen molar-refractivity contribution in [3.8, 4) is 0 Å². The summed E-state index contributed by atoms with van der Waals surface area (Å²) in [7, 11) is 0. The molecule has 0 bridgehead atoms. The third kappa shape index (κ3) is 3.24. The molecule has 17 heavy (non-hydrogen) atoms. The molecule has 3 N–H and O–H groups in total. The minimum absolute atomic E-state index is 0.786. The average Bonchev–Trinajstić information content (AvgIpc) is 2.32. The van der Waals surface area contributed by atoms with Crippen molar-refractivity contribution in [1.29, 1.82) is 0 Å². The van der Waals surface area contributed by atoms with Crippen LogP contribution in [0, 0.1) is 6.92 Å². The lowest BCUT2D eigenvalue weighted by molar-refractivity contribution is 1.14.